The first-order chi connectivity index (χ1) is 30.8. The fourth-order valence-electron chi connectivity index (χ4n) is 10.5. The van der Waals surface area contributed by atoms with Gasteiger partial charge in [-0.25, -0.2) is 0 Å². The van der Waals surface area contributed by atoms with Crippen LogP contribution in [0.5, 0.6) is 0 Å². The minimum atomic E-state index is -0.521. The van der Waals surface area contributed by atoms with E-state index in [2.05, 4.69) is 254 Å². The summed E-state index contributed by atoms with van der Waals surface area (Å²) >= 11 is 0. The number of nitrogens with zero attached hydrogens (tertiary/aromatic N) is 1. The van der Waals surface area contributed by atoms with Gasteiger partial charge in [-0.15, -0.1) is 0 Å². The molecule has 0 aliphatic heterocycles. The molecule has 1 nitrogen and oxygen atoms in total. The average Bonchev–Trinajstić information content (AvgIpc) is 3.66. The van der Waals surface area contributed by atoms with Gasteiger partial charge in [0.2, 0.25) is 0 Å². The van der Waals surface area contributed by atoms with Crippen molar-refractivity contribution in [2.45, 2.75) is 5.41 Å². The van der Waals surface area contributed by atoms with Gasteiger partial charge in [-0.1, -0.05) is 218 Å². The van der Waals surface area contributed by atoms with Crippen molar-refractivity contribution >= 4 is 49.4 Å². The van der Waals surface area contributed by atoms with Gasteiger partial charge in [-0.3, -0.25) is 0 Å². The summed E-state index contributed by atoms with van der Waals surface area (Å²) in [6.45, 7) is 0. The van der Waals surface area contributed by atoms with Gasteiger partial charge in [0.15, 0.2) is 0 Å². The molecular weight excluding hydrogens is 747 g/mol. The predicted molar refractivity (Wildman–Crippen MR) is 262 cm³/mol. The Bertz CT molecular complexity index is 3410. The van der Waals surface area contributed by atoms with Crippen LogP contribution < -0.4 is 4.90 Å². The molecule has 0 radical (unpaired) electrons. The maximum Gasteiger partial charge on any atom is 0.0714 e. The van der Waals surface area contributed by atoms with Crippen LogP contribution in [0, 0.1) is 0 Å². The van der Waals surface area contributed by atoms with Crippen molar-refractivity contribution in [2.24, 2.45) is 0 Å². The molecule has 1 heteroatoms. The summed E-state index contributed by atoms with van der Waals surface area (Å²) in [7, 11) is 0. The second kappa shape index (κ2) is 14.6. The van der Waals surface area contributed by atoms with E-state index in [1.165, 1.54) is 88.0 Å². The van der Waals surface area contributed by atoms with Gasteiger partial charge in [-0.2, -0.15) is 0 Å². The van der Waals surface area contributed by atoms with Gasteiger partial charge in [0, 0.05) is 16.9 Å². The van der Waals surface area contributed by atoms with Crippen LogP contribution >= 0.6 is 0 Å². The first-order valence-corrected chi connectivity index (χ1v) is 21.5. The van der Waals surface area contributed by atoms with Crippen LogP contribution in [-0.4, -0.2) is 0 Å². The van der Waals surface area contributed by atoms with Crippen LogP contribution in [0.3, 0.4) is 0 Å². The van der Waals surface area contributed by atoms with Crippen molar-refractivity contribution in [3.8, 4) is 33.4 Å². The van der Waals surface area contributed by atoms with Crippen LogP contribution in [0.4, 0.5) is 17.1 Å². The Morgan fingerprint density at radius 1 is 0.290 bits per heavy atom. The van der Waals surface area contributed by atoms with Crippen LogP contribution in [-0.2, 0) is 5.41 Å². The smallest absolute Gasteiger partial charge is 0.0714 e. The van der Waals surface area contributed by atoms with E-state index < -0.39 is 5.41 Å². The SMILES string of the molecule is c1ccc(-c2c(-c3ccccc3)c3cc(N(c4ccc5ccccc5c4)c4cccc5c4-c4ccccc4C5(c4ccccc4)c4ccccc4)ccc3c3ccccc23)cc1. The van der Waals surface area contributed by atoms with Crippen LogP contribution in [0.25, 0.3) is 65.7 Å². The molecule has 62 heavy (non-hydrogen) atoms. The van der Waals surface area contributed by atoms with E-state index in [0.29, 0.717) is 0 Å². The van der Waals surface area contributed by atoms with Crippen molar-refractivity contribution in [3.05, 3.63) is 271 Å². The summed E-state index contributed by atoms with van der Waals surface area (Å²) in [6, 6.07) is 91.7. The lowest BCUT2D eigenvalue weighted by atomic mass is 9.68. The number of anilines is 3. The number of fused-ring (bicyclic) bond motifs is 7. The zero-order chi connectivity index (χ0) is 41.0. The fourth-order valence-corrected chi connectivity index (χ4v) is 10.5. The van der Waals surface area contributed by atoms with E-state index in [9.17, 15) is 0 Å². The molecule has 11 aromatic rings. The van der Waals surface area contributed by atoms with Crippen molar-refractivity contribution in [3.63, 3.8) is 0 Å². The zero-order valence-electron chi connectivity index (χ0n) is 34.1. The van der Waals surface area contributed by atoms with Gasteiger partial charge in [0.1, 0.15) is 0 Å². The maximum absolute atomic E-state index is 2.51. The van der Waals surface area contributed by atoms with Gasteiger partial charge >= 0.3 is 0 Å². The summed E-state index contributed by atoms with van der Waals surface area (Å²) in [4.78, 5) is 2.51. The highest BCUT2D eigenvalue weighted by molar-refractivity contribution is 6.22. The molecule has 0 heterocycles. The molecule has 0 N–H and O–H groups in total. The molecule has 0 bridgehead atoms. The van der Waals surface area contributed by atoms with Gasteiger partial charge in [-0.05, 0) is 113 Å². The number of rotatable bonds is 7. The molecule has 1 aliphatic carbocycles. The Morgan fingerprint density at radius 2 is 0.790 bits per heavy atom. The Kier molecular flexibility index (Phi) is 8.47. The molecule has 12 rings (SSSR count). The van der Waals surface area contributed by atoms with Crippen molar-refractivity contribution < 1.29 is 0 Å². The molecule has 0 amide bonds. The number of hydrogen-bond donors (Lipinski definition) is 0. The van der Waals surface area contributed by atoms with E-state index in [-0.39, 0.29) is 0 Å². The number of hydrogen-bond acceptors (Lipinski definition) is 1. The molecule has 0 atom stereocenters. The molecule has 0 spiro atoms. The van der Waals surface area contributed by atoms with E-state index in [4.69, 9.17) is 0 Å². The lowest BCUT2D eigenvalue weighted by molar-refractivity contribution is 0.768. The van der Waals surface area contributed by atoms with Crippen LogP contribution in [0.2, 0.25) is 0 Å². The van der Waals surface area contributed by atoms with Gasteiger partial charge < -0.3 is 4.90 Å². The van der Waals surface area contributed by atoms with Gasteiger partial charge in [0.05, 0.1) is 11.1 Å². The monoisotopic (exact) mass is 787 g/mol. The zero-order valence-corrected chi connectivity index (χ0v) is 34.1. The highest BCUT2D eigenvalue weighted by Gasteiger charge is 2.47. The Hall–Kier alpha value is -8.00. The van der Waals surface area contributed by atoms with Crippen molar-refractivity contribution in [1.29, 1.82) is 0 Å². The molecular formula is C61H41N. The van der Waals surface area contributed by atoms with E-state index in [1.807, 2.05) is 0 Å². The van der Waals surface area contributed by atoms with Crippen LogP contribution in [0.1, 0.15) is 22.3 Å². The molecule has 0 aromatic heterocycles. The molecule has 0 unspecified atom stereocenters. The largest absolute Gasteiger partial charge is 0.310 e. The Balaban J connectivity index is 1.20. The summed E-state index contributed by atoms with van der Waals surface area (Å²) in [5.41, 5.74) is 15.3. The van der Waals surface area contributed by atoms with Crippen LogP contribution in [0.15, 0.2) is 249 Å². The Labute approximate surface area is 362 Å². The highest BCUT2D eigenvalue weighted by atomic mass is 15.1. The summed E-state index contributed by atoms with van der Waals surface area (Å²) < 4.78 is 0. The summed E-state index contributed by atoms with van der Waals surface area (Å²) in [5.74, 6) is 0. The second-order valence-corrected chi connectivity index (χ2v) is 16.4. The standard InChI is InChI=1S/C61H41N/c1-5-21-43(22-6-1)58-52-31-16-15-30-50(52)51-39-38-49(41-54(51)59(58)44-23-7-2-8-24-44)62(48-37-36-42-20-13-14-25-45(42)40-48)57-35-19-34-56-60(57)53-32-17-18-33-55(53)61(56,46-26-9-3-10-27-46)47-28-11-4-12-29-47/h1-41H. The maximum atomic E-state index is 2.51. The molecule has 0 saturated carbocycles. The van der Waals surface area contributed by atoms with E-state index >= 15 is 0 Å². The minimum Gasteiger partial charge on any atom is -0.310 e. The number of benzene rings is 11. The van der Waals surface area contributed by atoms with Gasteiger partial charge in [0.25, 0.3) is 0 Å². The predicted octanol–water partition coefficient (Wildman–Crippen LogP) is 16.3. The quantitative estimate of drug-likeness (QED) is 0.145. The lowest BCUT2D eigenvalue weighted by Gasteiger charge is -2.34. The summed E-state index contributed by atoms with van der Waals surface area (Å²) in [5, 5.41) is 7.37. The highest BCUT2D eigenvalue weighted by Crippen LogP contribution is 2.60. The third-order valence-corrected chi connectivity index (χ3v) is 13.1. The lowest BCUT2D eigenvalue weighted by Crippen LogP contribution is -2.28. The van der Waals surface area contributed by atoms with Crippen molar-refractivity contribution in [1.82, 2.24) is 0 Å². The molecule has 0 saturated heterocycles. The average molecular weight is 788 g/mol. The minimum absolute atomic E-state index is 0.521. The third kappa shape index (κ3) is 5.49. The summed E-state index contributed by atoms with van der Waals surface area (Å²) in [6.07, 6.45) is 0. The molecule has 1 aliphatic rings. The third-order valence-electron chi connectivity index (χ3n) is 13.1. The first kappa shape index (κ1) is 35.9. The first-order valence-electron chi connectivity index (χ1n) is 21.5. The van der Waals surface area contributed by atoms with Crippen molar-refractivity contribution in [2.75, 3.05) is 4.90 Å². The normalized spacial score (nSPS) is 12.6. The van der Waals surface area contributed by atoms with E-state index in [0.717, 1.165) is 17.1 Å². The second-order valence-electron chi connectivity index (χ2n) is 16.4. The Morgan fingerprint density at radius 3 is 1.48 bits per heavy atom. The fraction of sp³-hybridized carbons (Fsp3) is 0.0164. The topological polar surface area (TPSA) is 3.24 Å². The molecule has 0 fully saturated rings. The molecule has 290 valence electrons. The van der Waals surface area contributed by atoms with E-state index in [1.54, 1.807) is 0 Å². The molecule has 11 aromatic carbocycles.